The van der Waals surface area contributed by atoms with Gasteiger partial charge in [-0.05, 0) is 24.6 Å². The maximum atomic E-state index is 13.0. The number of fused-ring (bicyclic) bond motifs is 1. The van der Waals surface area contributed by atoms with Crippen molar-refractivity contribution in [1.29, 1.82) is 0 Å². The molecular formula is C16H19ClFN5O. The molecule has 2 amide bonds. The molecule has 8 heteroatoms. The van der Waals surface area contributed by atoms with Crippen LogP contribution in [0.2, 0.25) is 5.02 Å². The maximum Gasteiger partial charge on any atom is 0.319 e. The minimum absolute atomic E-state index is 0.0229. The number of hydrogen-bond donors (Lipinski definition) is 2. The first-order valence-electron chi connectivity index (χ1n) is 7.88. The van der Waals surface area contributed by atoms with Crippen LogP contribution in [0.3, 0.4) is 0 Å². The topological polar surface area (TPSA) is 71.8 Å². The van der Waals surface area contributed by atoms with Crippen molar-refractivity contribution in [3.63, 3.8) is 0 Å². The molecule has 0 spiro atoms. The molecule has 1 aliphatic heterocycles. The van der Waals surface area contributed by atoms with Gasteiger partial charge in [0.1, 0.15) is 17.5 Å². The van der Waals surface area contributed by atoms with E-state index in [9.17, 15) is 9.18 Å². The number of aromatic nitrogens is 3. The number of halogens is 2. The van der Waals surface area contributed by atoms with Crippen molar-refractivity contribution in [2.45, 2.75) is 45.2 Å². The van der Waals surface area contributed by atoms with Crippen LogP contribution in [0, 0.1) is 5.82 Å². The molecule has 1 aromatic carbocycles. The first-order valence-corrected chi connectivity index (χ1v) is 8.26. The van der Waals surface area contributed by atoms with Crippen molar-refractivity contribution in [3.8, 4) is 0 Å². The normalized spacial score (nSPS) is 16.8. The summed E-state index contributed by atoms with van der Waals surface area (Å²) in [6, 6.07) is 3.46. The fraction of sp³-hybridized carbons (Fsp3) is 0.438. The highest BCUT2D eigenvalue weighted by molar-refractivity contribution is 6.33. The summed E-state index contributed by atoms with van der Waals surface area (Å²) in [6.07, 6.45) is 1.56. The zero-order chi connectivity index (χ0) is 17.3. The molecule has 0 unspecified atom stereocenters. The predicted octanol–water partition coefficient (Wildman–Crippen LogP) is 3.33. The van der Waals surface area contributed by atoms with Crippen molar-refractivity contribution in [2.24, 2.45) is 0 Å². The summed E-state index contributed by atoms with van der Waals surface area (Å²) in [5, 5.41) is 14.2. The summed E-state index contributed by atoms with van der Waals surface area (Å²) >= 11 is 5.92. The van der Waals surface area contributed by atoms with E-state index >= 15 is 0 Å². The van der Waals surface area contributed by atoms with Crippen LogP contribution in [0.25, 0.3) is 0 Å². The van der Waals surface area contributed by atoms with E-state index < -0.39 is 5.82 Å². The van der Waals surface area contributed by atoms with Crippen LogP contribution in [-0.2, 0) is 13.0 Å². The summed E-state index contributed by atoms with van der Waals surface area (Å²) in [7, 11) is 0. The Hall–Kier alpha value is -2.15. The minimum atomic E-state index is -0.445. The van der Waals surface area contributed by atoms with Crippen LogP contribution in [0.1, 0.15) is 37.8 Å². The highest BCUT2D eigenvalue weighted by atomic mass is 35.5. The van der Waals surface area contributed by atoms with E-state index in [1.165, 1.54) is 12.1 Å². The Bertz CT molecular complexity index is 761. The maximum absolute atomic E-state index is 13.0. The third-order valence-corrected chi connectivity index (χ3v) is 4.32. The second-order valence-corrected chi connectivity index (χ2v) is 6.61. The van der Waals surface area contributed by atoms with E-state index in [0.717, 1.165) is 30.6 Å². The van der Waals surface area contributed by atoms with Crippen LogP contribution in [0.4, 0.5) is 14.9 Å². The largest absolute Gasteiger partial charge is 0.333 e. The first-order chi connectivity index (χ1) is 11.4. The molecule has 0 radical (unpaired) electrons. The summed E-state index contributed by atoms with van der Waals surface area (Å²) in [5.74, 6) is 1.72. The summed E-state index contributed by atoms with van der Waals surface area (Å²) in [5.41, 5.74) is 0.374. The number of anilines is 1. The standard InChI is InChI=1S/C16H19ClFN5O/c1-9(2)15-22-21-14-6-4-11(8-23(14)15)19-16(24)20-13-5-3-10(18)7-12(13)17/h3,5,7,9,11H,4,6,8H2,1-2H3,(H2,19,20,24)/t11-/m0/s1. The lowest BCUT2D eigenvalue weighted by Crippen LogP contribution is -2.43. The number of nitrogens with one attached hydrogen (secondary N) is 2. The van der Waals surface area contributed by atoms with E-state index in [4.69, 9.17) is 11.6 Å². The number of benzene rings is 1. The van der Waals surface area contributed by atoms with Crippen molar-refractivity contribution >= 4 is 23.3 Å². The van der Waals surface area contributed by atoms with E-state index in [0.29, 0.717) is 12.2 Å². The second kappa shape index (κ2) is 6.76. The molecular weight excluding hydrogens is 333 g/mol. The van der Waals surface area contributed by atoms with E-state index in [2.05, 4.69) is 39.2 Å². The molecule has 24 heavy (non-hydrogen) atoms. The molecule has 0 saturated heterocycles. The summed E-state index contributed by atoms with van der Waals surface area (Å²) < 4.78 is 15.1. The molecule has 1 aliphatic rings. The molecule has 6 nitrogen and oxygen atoms in total. The smallest absolute Gasteiger partial charge is 0.319 e. The third kappa shape index (κ3) is 3.51. The van der Waals surface area contributed by atoms with Crippen molar-refractivity contribution in [1.82, 2.24) is 20.1 Å². The van der Waals surface area contributed by atoms with Crippen LogP contribution in [0.5, 0.6) is 0 Å². The number of aryl methyl sites for hydroxylation is 1. The van der Waals surface area contributed by atoms with Gasteiger partial charge in [0.05, 0.1) is 10.7 Å². The molecule has 2 heterocycles. The van der Waals surface area contributed by atoms with E-state index in [1.54, 1.807) is 0 Å². The second-order valence-electron chi connectivity index (χ2n) is 6.20. The summed E-state index contributed by atoms with van der Waals surface area (Å²) in [6.45, 7) is 4.77. The van der Waals surface area contributed by atoms with Gasteiger partial charge < -0.3 is 15.2 Å². The molecule has 3 rings (SSSR count). The number of amides is 2. The molecule has 2 N–H and O–H groups in total. The molecule has 0 bridgehead atoms. The molecule has 128 valence electrons. The predicted molar refractivity (Wildman–Crippen MR) is 89.8 cm³/mol. The molecule has 2 aromatic rings. The number of carbonyl (C=O) groups excluding carboxylic acids is 1. The van der Waals surface area contributed by atoms with Gasteiger partial charge in [0.15, 0.2) is 0 Å². The highest BCUT2D eigenvalue weighted by Crippen LogP contribution is 2.23. The van der Waals surface area contributed by atoms with Gasteiger partial charge in [-0.3, -0.25) is 0 Å². The Morgan fingerprint density at radius 3 is 2.92 bits per heavy atom. The number of rotatable bonds is 3. The van der Waals surface area contributed by atoms with Gasteiger partial charge in [0.25, 0.3) is 0 Å². The van der Waals surface area contributed by atoms with Crippen molar-refractivity contribution in [2.75, 3.05) is 5.32 Å². The van der Waals surface area contributed by atoms with Crippen LogP contribution in [-0.4, -0.2) is 26.8 Å². The van der Waals surface area contributed by atoms with Gasteiger partial charge >= 0.3 is 6.03 Å². The average Bonchev–Trinajstić information content (AvgIpc) is 2.93. The van der Waals surface area contributed by atoms with Gasteiger partial charge in [0, 0.05) is 24.9 Å². The number of carbonyl (C=O) groups is 1. The van der Waals surface area contributed by atoms with Crippen molar-refractivity contribution < 1.29 is 9.18 Å². The minimum Gasteiger partial charge on any atom is -0.333 e. The molecule has 1 atom stereocenters. The number of urea groups is 1. The monoisotopic (exact) mass is 351 g/mol. The van der Waals surface area contributed by atoms with E-state index in [1.807, 2.05) is 0 Å². The Morgan fingerprint density at radius 2 is 2.21 bits per heavy atom. The fourth-order valence-corrected chi connectivity index (χ4v) is 3.04. The van der Waals surface area contributed by atoms with Gasteiger partial charge in [0.2, 0.25) is 0 Å². The lowest BCUT2D eigenvalue weighted by atomic mass is 10.1. The average molecular weight is 352 g/mol. The Balaban J connectivity index is 1.64. The van der Waals surface area contributed by atoms with Gasteiger partial charge in [-0.2, -0.15) is 0 Å². The van der Waals surface area contributed by atoms with Gasteiger partial charge in [-0.15, -0.1) is 10.2 Å². The molecule has 1 aromatic heterocycles. The van der Waals surface area contributed by atoms with Crippen molar-refractivity contribution in [3.05, 3.63) is 40.7 Å². The van der Waals surface area contributed by atoms with Gasteiger partial charge in [-0.25, -0.2) is 9.18 Å². The Kier molecular flexibility index (Phi) is 4.71. The third-order valence-electron chi connectivity index (χ3n) is 4.01. The zero-order valence-corrected chi connectivity index (χ0v) is 14.3. The zero-order valence-electron chi connectivity index (χ0n) is 13.5. The van der Waals surface area contributed by atoms with Gasteiger partial charge in [-0.1, -0.05) is 25.4 Å². The molecule has 0 saturated carbocycles. The molecule has 0 aliphatic carbocycles. The van der Waals surface area contributed by atoms with E-state index in [-0.39, 0.29) is 23.0 Å². The Labute approximate surface area is 144 Å². The number of nitrogens with zero attached hydrogens (tertiary/aromatic N) is 3. The van der Waals surface area contributed by atoms with Crippen LogP contribution < -0.4 is 10.6 Å². The Morgan fingerprint density at radius 1 is 1.42 bits per heavy atom. The SMILES string of the molecule is CC(C)c1nnc2n1C[C@@H](NC(=O)Nc1ccc(F)cc1Cl)CC2. The lowest BCUT2D eigenvalue weighted by molar-refractivity contribution is 0.244. The quantitative estimate of drug-likeness (QED) is 0.891. The van der Waals surface area contributed by atoms with Crippen LogP contribution in [0.15, 0.2) is 18.2 Å². The lowest BCUT2D eigenvalue weighted by Gasteiger charge is -2.26. The fourth-order valence-electron chi connectivity index (χ4n) is 2.83. The van der Waals surface area contributed by atoms with Crippen LogP contribution >= 0.6 is 11.6 Å². The highest BCUT2D eigenvalue weighted by Gasteiger charge is 2.25. The number of hydrogen-bond acceptors (Lipinski definition) is 3. The first kappa shape index (κ1) is 16.7. The molecule has 0 fully saturated rings. The summed E-state index contributed by atoms with van der Waals surface area (Å²) in [4.78, 5) is 12.2.